The van der Waals surface area contributed by atoms with E-state index in [2.05, 4.69) is 18.5 Å². The summed E-state index contributed by atoms with van der Waals surface area (Å²) in [5, 5.41) is 0. The predicted molar refractivity (Wildman–Crippen MR) is 47.7 cm³/mol. The van der Waals surface area contributed by atoms with Crippen molar-refractivity contribution in [1.29, 1.82) is 0 Å². The van der Waals surface area contributed by atoms with Crippen LogP contribution in [0, 0.1) is 0 Å². The van der Waals surface area contributed by atoms with Gasteiger partial charge >= 0.3 is 0 Å². The number of unbranched alkanes of at least 4 members (excludes halogenated alkanes) is 2. The van der Waals surface area contributed by atoms with Crippen LogP contribution < -0.4 is 0 Å². The van der Waals surface area contributed by atoms with E-state index >= 15 is 0 Å². The second-order valence-electron chi connectivity index (χ2n) is 2.59. The Bertz CT molecular complexity index is 114. The van der Waals surface area contributed by atoms with Crippen molar-refractivity contribution in [2.24, 2.45) is 4.99 Å². The van der Waals surface area contributed by atoms with Crippen molar-refractivity contribution >= 4 is 6.21 Å². The van der Waals surface area contributed by atoms with Gasteiger partial charge in [-0.1, -0.05) is 26.3 Å². The van der Waals surface area contributed by atoms with Gasteiger partial charge in [0.15, 0.2) is 0 Å². The van der Waals surface area contributed by atoms with Gasteiger partial charge < -0.3 is 0 Å². The molecule has 1 nitrogen and oxygen atoms in total. The van der Waals surface area contributed by atoms with Gasteiger partial charge in [-0.3, -0.25) is 4.99 Å². The Labute approximate surface area is 63.9 Å². The number of nitrogens with zero attached hydrogens (tertiary/aromatic N) is 1. The van der Waals surface area contributed by atoms with E-state index in [9.17, 15) is 0 Å². The normalized spacial score (nSPS) is 10.6. The third-order valence-corrected chi connectivity index (χ3v) is 1.20. The van der Waals surface area contributed by atoms with Crippen LogP contribution in [-0.2, 0) is 0 Å². The Kier molecular flexibility index (Phi) is 6.14. The minimum Gasteiger partial charge on any atom is -0.293 e. The molecule has 0 saturated heterocycles. The van der Waals surface area contributed by atoms with Gasteiger partial charge in [0, 0.05) is 12.8 Å². The van der Waals surface area contributed by atoms with Crippen LogP contribution in [0.5, 0.6) is 0 Å². The molecule has 0 aliphatic carbocycles. The molecule has 0 atom stereocenters. The van der Waals surface area contributed by atoms with E-state index in [0.717, 1.165) is 12.1 Å². The molecule has 0 fully saturated rings. The molecule has 0 unspecified atom stereocenters. The summed E-state index contributed by atoms with van der Waals surface area (Å²) < 4.78 is 0. The molecule has 0 aliphatic heterocycles. The maximum absolute atomic E-state index is 4.18. The molecule has 58 valence electrons. The van der Waals surface area contributed by atoms with Crippen molar-refractivity contribution in [2.75, 3.05) is 6.54 Å². The van der Waals surface area contributed by atoms with Gasteiger partial charge in [-0.25, -0.2) is 0 Å². The fourth-order valence-electron chi connectivity index (χ4n) is 0.673. The summed E-state index contributed by atoms with van der Waals surface area (Å²) in [6.45, 7) is 8.84. The first-order chi connectivity index (χ1) is 4.77. The van der Waals surface area contributed by atoms with Crippen molar-refractivity contribution in [3.63, 3.8) is 0 Å². The molecule has 0 amide bonds. The van der Waals surface area contributed by atoms with Crippen molar-refractivity contribution in [2.45, 2.75) is 33.1 Å². The highest BCUT2D eigenvalue weighted by molar-refractivity contribution is 5.76. The smallest absolute Gasteiger partial charge is 0.0389 e. The summed E-state index contributed by atoms with van der Waals surface area (Å²) in [6, 6.07) is 0. The van der Waals surface area contributed by atoms with Gasteiger partial charge in [0.2, 0.25) is 0 Å². The quantitative estimate of drug-likeness (QED) is 0.410. The highest BCUT2D eigenvalue weighted by Gasteiger charge is 1.81. The van der Waals surface area contributed by atoms with Gasteiger partial charge in [-0.05, 0) is 18.9 Å². The van der Waals surface area contributed by atoms with Crippen LogP contribution in [0.15, 0.2) is 17.1 Å². The molecule has 0 N–H and O–H groups in total. The fourth-order valence-corrected chi connectivity index (χ4v) is 0.673. The van der Waals surface area contributed by atoms with Crippen LogP contribution in [0.25, 0.3) is 0 Å². The molecular formula is C9H17N. The topological polar surface area (TPSA) is 12.4 Å². The lowest BCUT2D eigenvalue weighted by molar-refractivity contribution is 0.729. The highest BCUT2D eigenvalue weighted by atomic mass is 14.7. The first-order valence-corrected chi connectivity index (χ1v) is 3.92. The Balaban J connectivity index is 3.10. The van der Waals surface area contributed by atoms with E-state index in [1.807, 2.05) is 13.1 Å². The number of aliphatic imine (C=N–C) groups is 1. The molecule has 1 heteroatoms. The molecule has 0 aromatic carbocycles. The molecule has 0 spiro atoms. The molecule has 0 heterocycles. The van der Waals surface area contributed by atoms with E-state index in [0.29, 0.717) is 0 Å². The summed E-state index contributed by atoms with van der Waals surface area (Å²) in [6.07, 6.45) is 5.60. The van der Waals surface area contributed by atoms with E-state index < -0.39 is 0 Å². The van der Waals surface area contributed by atoms with Crippen LogP contribution in [0.2, 0.25) is 0 Å². The summed E-state index contributed by atoms with van der Waals surface area (Å²) in [7, 11) is 0. The van der Waals surface area contributed by atoms with E-state index in [1.165, 1.54) is 19.3 Å². The van der Waals surface area contributed by atoms with Crippen molar-refractivity contribution in [1.82, 2.24) is 0 Å². The third kappa shape index (κ3) is 7.41. The van der Waals surface area contributed by atoms with Gasteiger partial charge in [-0.15, -0.1) is 0 Å². The summed E-state index contributed by atoms with van der Waals surface area (Å²) in [5.74, 6) is 0. The van der Waals surface area contributed by atoms with Crippen LogP contribution in [0.4, 0.5) is 0 Å². The maximum atomic E-state index is 4.18. The maximum Gasteiger partial charge on any atom is 0.0389 e. The van der Waals surface area contributed by atoms with Gasteiger partial charge in [0.25, 0.3) is 0 Å². The van der Waals surface area contributed by atoms with Crippen LogP contribution in [0.1, 0.15) is 33.1 Å². The van der Waals surface area contributed by atoms with E-state index in [-0.39, 0.29) is 0 Å². The standard InChI is InChI=1S/C9H17N/c1-4-5-6-7-10-8-9(2)3/h8H,2,4-7H2,1,3H3/b10-8+. The molecule has 0 radical (unpaired) electrons. The zero-order chi connectivity index (χ0) is 7.82. The van der Waals surface area contributed by atoms with Crippen LogP contribution in [0.3, 0.4) is 0 Å². The average molecular weight is 139 g/mol. The summed E-state index contributed by atoms with van der Waals surface area (Å²) in [4.78, 5) is 4.18. The largest absolute Gasteiger partial charge is 0.293 e. The second kappa shape index (κ2) is 6.53. The SMILES string of the molecule is C=C(C)/C=N/CCCCC. The van der Waals surface area contributed by atoms with Crippen molar-refractivity contribution in [3.05, 3.63) is 12.2 Å². The van der Waals surface area contributed by atoms with Gasteiger partial charge in [-0.2, -0.15) is 0 Å². The van der Waals surface area contributed by atoms with Crippen molar-refractivity contribution in [3.8, 4) is 0 Å². The monoisotopic (exact) mass is 139 g/mol. The van der Waals surface area contributed by atoms with Gasteiger partial charge in [0.1, 0.15) is 0 Å². The predicted octanol–water partition coefficient (Wildman–Crippen LogP) is 2.82. The Morgan fingerprint density at radius 1 is 1.50 bits per heavy atom. The number of allylic oxidation sites excluding steroid dienone is 1. The molecule has 0 saturated carbocycles. The Hall–Kier alpha value is -0.590. The minimum atomic E-state index is 0.959. The van der Waals surface area contributed by atoms with Crippen LogP contribution >= 0.6 is 0 Å². The summed E-state index contributed by atoms with van der Waals surface area (Å²) >= 11 is 0. The highest BCUT2D eigenvalue weighted by Crippen LogP contribution is 1.93. The van der Waals surface area contributed by atoms with E-state index in [4.69, 9.17) is 0 Å². The molecule has 0 rings (SSSR count). The zero-order valence-electron chi connectivity index (χ0n) is 7.06. The Morgan fingerprint density at radius 3 is 2.70 bits per heavy atom. The average Bonchev–Trinajstić information content (AvgIpc) is 1.87. The molecule has 0 aliphatic rings. The lowest BCUT2D eigenvalue weighted by Gasteiger charge is -1.91. The summed E-state index contributed by atoms with van der Waals surface area (Å²) in [5.41, 5.74) is 1.04. The Morgan fingerprint density at radius 2 is 2.20 bits per heavy atom. The van der Waals surface area contributed by atoms with Gasteiger partial charge in [0.05, 0.1) is 0 Å². The lowest BCUT2D eigenvalue weighted by Crippen LogP contribution is -1.82. The molecular weight excluding hydrogens is 122 g/mol. The lowest BCUT2D eigenvalue weighted by atomic mass is 10.2. The first kappa shape index (κ1) is 9.41. The third-order valence-electron chi connectivity index (χ3n) is 1.20. The molecule has 0 aromatic heterocycles. The van der Waals surface area contributed by atoms with Crippen LogP contribution in [-0.4, -0.2) is 12.8 Å². The second-order valence-corrected chi connectivity index (χ2v) is 2.59. The number of rotatable bonds is 5. The minimum absolute atomic E-state index is 0.959. The first-order valence-electron chi connectivity index (χ1n) is 3.92. The van der Waals surface area contributed by atoms with Crippen molar-refractivity contribution < 1.29 is 0 Å². The zero-order valence-corrected chi connectivity index (χ0v) is 7.06. The fraction of sp³-hybridized carbons (Fsp3) is 0.667. The number of hydrogen-bond acceptors (Lipinski definition) is 1. The molecule has 0 bridgehead atoms. The molecule has 0 aromatic rings. The number of hydrogen-bond donors (Lipinski definition) is 0. The van der Waals surface area contributed by atoms with E-state index in [1.54, 1.807) is 0 Å². The molecule has 10 heavy (non-hydrogen) atoms.